The molecule has 1 unspecified atom stereocenters. The highest BCUT2D eigenvalue weighted by atomic mass is 15.1. The van der Waals surface area contributed by atoms with Crippen LogP contribution in [0.2, 0.25) is 0 Å². The van der Waals surface area contributed by atoms with Gasteiger partial charge in [0.2, 0.25) is 0 Å². The van der Waals surface area contributed by atoms with Crippen molar-refractivity contribution in [1.29, 1.82) is 0 Å². The first-order valence-electron chi connectivity index (χ1n) is 6.35. The van der Waals surface area contributed by atoms with Crippen molar-refractivity contribution in [2.24, 2.45) is 5.92 Å². The summed E-state index contributed by atoms with van der Waals surface area (Å²) in [5, 5.41) is 6.59. The molecule has 2 aliphatic rings. The molecule has 2 heteroatoms. The fourth-order valence-corrected chi connectivity index (χ4v) is 2.74. The van der Waals surface area contributed by atoms with Gasteiger partial charge in [-0.05, 0) is 36.3 Å². The zero-order chi connectivity index (χ0) is 11.5. The molecule has 1 aliphatic carbocycles. The van der Waals surface area contributed by atoms with Crippen molar-refractivity contribution in [2.75, 3.05) is 6.67 Å². The smallest absolute Gasteiger partial charge is 0.0843 e. The Morgan fingerprint density at radius 1 is 1.18 bits per heavy atom. The molecule has 0 saturated heterocycles. The average molecular weight is 226 g/mol. The van der Waals surface area contributed by atoms with Crippen LogP contribution in [0.5, 0.6) is 0 Å². The number of rotatable bonds is 3. The number of hydrogen-bond donors (Lipinski definition) is 2. The lowest BCUT2D eigenvalue weighted by Crippen LogP contribution is -2.15. The fraction of sp³-hybridized carbons (Fsp3) is 0.333. The van der Waals surface area contributed by atoms with Crippen molar-refractivity contribution in [3.8, 4) is 0 Å². The summed E-state index contributed by atoms with van der Waals surface area (Å²) in [6, 6.07) is 10.8. The molecule has 1 heterocycles. The lowest BCUT2D eigenvalue weighted by atomic mass is 9.91. The van der Waals surface area contributed by atoms with Crippen LogP contribution >= 0.6 is 0 Å². The van der Waals surface area contributed by atoms with Crippen molar-refractivity contribution in [3.63, 3.8) is 0 Å². The van der Waals surface area contributed by atoms with Crippen molar-refractivity contribution >= 4 is 5.57 Å². The van der Waals surface area contributed by atoms with Gasteiger partial charge in [-0.25, -0.2) is 0 Å². The second-order valence-corrected chi connectivity index (χ2v) is 4.73. The monoisotopic (exact) mass is 226 g/mol. The molecule has 2 N–H and O–H groups in total. The zero-order valence-corrected chi connectivity index (χ0v) is 9.95. The largest absolute Gasteiger partial charge is 0.372 e. The molecule has 0 amide bonds. The van der Waals surface area contributed by atoms with Crippen molar-refractivity contribution < 1.29 is 0 Å². The van der Waals surface area contributed by atoms with Gasteiger partial charge < -0.3 is 10.6 Å². The van der Waals surface area contributed by atoms with Crippen LogP contribution < -0.4 is 10.6 Å². The van der Waals surface area contributed by atoms with E-state index < -0.39 is 0 Å². The molecule has 0 fully saturated rings. The minimum Gasteiger partial charge on any atom is -0.372 e. The highest BCUT2D eigenvalue weighted by Crippen LogP contribution is 2.37. The summed E-state index contributed by atoms with van der Waals surface area (Å²) in [5.41, 5.74) is 4.26. The predicted octanol–water partition coefficient (Wildman–Crippen LogP) is 2.86. The summed E-state index contributed by atoms with van der Waals surface area (Å²) in [4.78, 5) is 0. The number of benzene rings is 1. The second kappa shape index (κ2) is 4.66. The molecule has 0 aromatic heterocycles. The van der Waals surface area contributed by atoms with E-state index in [0.717, 1.165) is 13.1 Å². The average Bonchev–Trinajstić information content (AvgIpc) is 3.02. The molecule has 0 spiro atoms. The summed E-state index contributed by atoms with van der Waals surface area (Å²) in [6.45, 7) is 0.881. The maximum Gasteiger partial charge on any atom is 0.0843 e. The van der Waals surface area contributed by atoms with E-state index in [4.69, 9.17) is 0 Å². The molecule has 3 rings (SSSR count). The van der Waals surface area contributed by atoms with Crippen LogP contribution in [0, 0.1) is 5.92 Å². The van der Waals surface area contributed by atoms with Gasteiger partial charge in [0.15, 0.2) is 0 Å². The highest BCUT2D eigenvalue weighted by Gasteiger charge is 2.22. The molecule has 88 valence electrons. The normalized spacial score (nSPS) is 22.7. The lowest BCUT2D eigenvalue weighted by Gasteiger charge is -2.16. The summed E-state index contributed by atoms with van der Waals surface area (Å²) >= 11 is 0. The van der Waals surface area contributed by atoms with Crippen LogP contribution in [0.1, 0.15) is 24.8 Å². The Kier molecular flexibility index (Phi) is 2.87. The molecule has 2 nitrogen and oxygen atoms in total. The first-order chi connectivity index (χ1) is 8.43. The molecule has 1 aromatic carbocycles. The molecule has 17 heavy (non-hydrogen) atoms. The van der Waals surface area contributed by atoms with E-state index in [2.05, 4.69) is 53.2 Å². The Labute approximate surface area is 102 Å². The molecule has 1 aromatic rings. The third-order valence-electron chi connectivity index (χ3n) is 3.59. The van der Waals surface area contributed by atoms with Gasteiger partial charge in [-0.1, -0.05) is 36.4 Å². The van der Waals surface area contributed by atoms with E-state index in [0.29, 0.717) is 5.92 Å². The molecule has 0 saturated carbocycles. The Morgan fingerprint density at radius 2 is 2.06 bits per heavy atom. The highest BCUT2D eigenvalue weighted by molar-refractivity contribution is 5.69. The second-order valence-electron chi connectivity index (χ2n) is 4.73. The van der Waals surface area contributed by atoms with Crippen LogP contribution in [-0.4, -0.2) is 6.67 Å². The third kappa shape index (κ3) is 2.21. The van der Waals surface area contributed by atoms with Crippen LogP contribution in [0.4, 0.5) is 0 Å². The SMILES string of the molecule is C1=C(CC2CCC=C2c2ccccc2)NCN1. The summed E-state index contributed by atoms with van der Waals surface area (Å²) in [7, 11) is 0. The predicted molar refractivity (Wildman–Crippen MR) is 71.0 cm³/mol. The number of hydrogen-bond acceptors (Lipinski definition) is 2. The standard InChI is InChI=1S/C15H18N2/c1-2-5-12(6-3-1)15-8-4-7-13(15)9-14-10-16-11-17-14/h1-3,5-6,8,10,13,16-17H,4,7,9,11H2. The Morgan fingerprint density at radius 3 is 2.82 bits per heavy atom. The summed E-state index contributed by atoms with van der Waals surface area (Å²) < 4.78 is 0. The van der Waals surface area contributed by atoms with Gasteiger partial charge in [-0.3, -0.25) is 0 Å². The topological polar surface area (TPSA) is 24.1 Å². The van der Waals surface area contributed by atoms with E-state index in [1.165, 1.54) is 29.7 Å². The van der Waals surface area contributed by atoms with Gasteiger partial charge in [0.05, 0.1) is 6.67 Å². The molecule has 0 radical (unpaired) electrons. The Hall–Kier alpha value is -1.70. The number of nitrogens with one attached hydrogen (secondary N) is 2. The molecular formula is C15H18N2. The minimum atomic E-state index is 0.677. The van der Waals surface area contributed by atoms with Gasteiger partial charge >= 0.3 is 0 Å². The quantitative estimate of drug-likeness (QED) is 0.828. The Bertz CT molecular complexity index is 445. The van der Waals surface area contributed by atoms with Crippen molar-refractivity contribution in [3.05, 3.63) is 53.9 Å². The molecular weight excluding hydrogens is 208 g/mol. The van der Waals surface area contributed by atoms with Gasteiger partial charge in [-0.15, -0.1) is 0 Å². The van der Waals surface area contributed by atoms with Gasteiger partial charge in [-0.2, -0.15) is 0 Å². The first-order valence-corrected chi connectivity index (χ1v) is 6.35. The third-order valence-corrected chi connectivity index (χ3v) is 3.59. The summed E-state index contributed by atoms with van der Waals surface area (Å²) in [6.07, 6.45) is 8.15. The maximum atomic E-state index is 3.38. The van der Waals surface area contributed by atoms with Crippen molar-refractivity contribution in [1.82, 2.24) is 10.6 Å². The Balaban J connectivity index is 1.75. The molecule has 1 atom stereocenters. The fourth-order valence-electron chi connectivity index (χ4n) is 2.74. The van der Waals surface area contributed by atoms with Gasteiger partial charge in [0, 0.05) is 11.9 Å². The van der Waals surface area contributed by atoms with E-state index in [1.54, 1.807) is 0 Å². The summed E-state index contributed by atoms with van der Waals surface area (Å²) in [5.74, 6) is 0.677. The number of allylic oxidation sites excluding steroid dienone is 3. The molecule has 1 aliphatic heterocycles. The van der Waals surface area contributed by atoms with Crippen LogP contribution in [0.25, 0.3) is 5.57 Å². The molecule has 0 bridgehead atoms. The van der Waals surface area contributed by atoms with Crippen LogP contribution in [0.15, 0.2) is 48.3 Å². The van der Waals surface area contributed by atoms with Gasteiger partial charge in [0.1, 0.15) is 0 Å². The first kappa shape index (κ1) is 10.5. The van der Waals surface area contributed by atoms with Crippen LogP contribution in [-0.2, 0) is 0 Å². The van der Waals surface area contributed by atoms with Gasteiger partial charge in [0.25, 0.3) is 0 Å². The van der Waals surface area contributed by atoms with E-state index in [9.17, 15) is 0 Å². The minimum absolute atomic E-state index is 0.677. The maximum absolute atomic E-state index is 3.38. The lowest BCUT2D eigenvalue weighted by molar-refractivity contribution is 0.616. The zero-order valence-electron chi connectivity index (χ0n) is 9.95. The van der Waals surface area contributed by atoms with E-state index in [1.807, 2.05) is 0 Å². The van der Waals surface area contributed by atoms with Crippen LogP contribution in [0.3, 0.4) is 0 Å². The van der Waals surface area contributed by atoms with E-state index in [-0.39, 0.29) is 0 Å². The van der Waals surface area contributed by atoms with Crippen molar-refractivity contribution in [2.45, 2.75) is 19.3 Å². The van der Waals surface area contributed by atoms with E-state index >= 15 is 0 Å².